The second-order valence-electron chi connectivity index (χ2n) is 4.04. The Balaban J connectivity index is 2.08. The molecule has 1 amide bonds. The van der Waals surface area contributed by atoms with Gasteiger partial charge in [0.15, 0.2) is 0 Å². The summed E-state index contributed by atoms with van der Waals surface area (Å²) < 4.78 is 14.5. The van der Waals surface area contributed by atoms with Crippen LogP contribution in [-0.2, 0) is 6.54 Å². The highest BCUT2D eigenvalue weighted by atomic mass is 79.9. The van der Waals surface area contributed by atoms with Crippen LogP contribution in [0.5, 0.6) is 0 Å². The van der Waals surface area contributed by atoms with Crippen LogP contribution in [0.1, 0.15) is 15.9 Å². The number of carbonyl (C=O) groups excluding carboxylic acids is 1. The van der Waals surface area contributed by atoms with Gasteiger partial charge in [0, 0.05) is 16.7 Å². The molecule has 19 heavy (non-hydrogen) atoms. The van der Waals surface area contributed by atoms with Crippen molar-refractivity contribution in [3.63, 3.8) is 0 Å². The minimum Gasteiger partial charge on any atom is -0.381 e. The van der Waals surface area contributed by atoms with Crippen LogP contribution in [0.2, 0.25) is 0 Å². The topological polar surface area (TPSA) is 55.1 Å². The first-order valence-electron chi connectivity index (χ1n) is 5.64. The number of halogens is 2. The van der Waals surface area contributed by atoms with E-state index >= 15 is 0 Å². The molecule has 0 saturated carbocycles. The average molecular weight is 323 g/mol. The maximum absolute atomic E-state index is 13.5. The van der Waals surface area contributed by atoms with E-state index in [1.54, 1.807) is 6.07 Å². The van der Waals surface area contributed by atoms with Crippen LogP contribution in [0.4, 0.5) is 10.1 Å². The number of rotatable bonds is 4. The molecule has 5 heteroatoms. The molecule has 0 heterocycles. The van der Waals surface area contributed by atoms with E-state index < -0.39 is 11.7 Å². The highest BCUT2D eigenvalue weighted by Gasteiger charge is 2.08. The van der Waals surface area contributed by atoms with Crippen molar-refractivity contribution in [2.24, 2.45) is 5.73 Å². The molecule has 2 rings (SSSR count). The molecule has 0 bridgehead atoms. The summed E-state index contributed by atoms with van der Waals surface area (Å²) in [6, 6.07) is 12.1. The van der Waals surface area contributed by atoms with E-state index in [9.17, 15) is 9.18 Å². The van der Waals surface area contributed by atoms with Crippen LogP contribution in [0.25, 0.3) is 0 Å². The van der Waals surface area contributed by atoms with E-state index in [-0.39, 0.29) is 5.56 Å². The molecular weight excluding hydrogens is 311 g/mol. The van der Waals surface area contributed by atoms with Gasteiger partial charge >= 0.3 is 0 Å². The number of nitrogens with one attached hydrogen (secondary N) is 1. The average Bonchev–Trinajstić information content (AvgIpc) is 2.36. The predicted octanol–water partition coefficient (Wildman–Crippen LogP) is 3.30. The van der Waals surface area contributed by atoms with Gasteiger partial charge in [0.25, 0.3) is 5.91 Å². The number of nitrogens with two attached hydrogens (primary N) is 1. The van der Waals surface area contributed by atoms with Crippen LogP contribution in [0.3, 0.4) is 0 Å². The summed E-state index contributed by atoms with van der Waals surface area (Å²) in [5.74, 6) is -1.39. The van der Waals surface area contributed by atoms with Gasteiger partial charge < -0.3 is 11.1 Å². The van der Waals surface area contributed by atoms with E-state index in [0.29, 0.717) is 12.2 Å². The van der Waals surface area contributed by atoms with Crippen LogP contribution in [0, 0.1) is 5.82 Å². The number of hydrogen-bond donors (Lipinski definition) is 2. The molecule has 0 unspecified atom stereocenters. The van der Waals surface area contributed by atoms with Gasteiger partial charge in [-0.05, 0) is 35.9 Å². The number of amides is 1. The SMILES string of the molecule is NC(=O)c1ccc(NCc2cccc(Br)c2)cc1F. The first-order chi connectivity index (χ1) is 9.06. The zero-order chi connectivity index (χ0) is 13.8. The van der Waals surface area contributed by atoms with E-state index in [2.05, 4.69) is 21.2 Å². The Morgan fingerprint density at radius 2 is 2.05 bits per heavy atom. The van der Waals surface area contributed by atoms with Crippen molar-refractivity contribution >= 4 is 27.5 Å². The van der Waals surface area contributed by atoms with E-state index in [1.807, 2.05) is 24.3 Å². The normalized spacial score (nSPS) is 10.2. The second kappa shape index (κ2) is 5.84. The molecule has 0 aliphatic carbocycles. The van der Waals surface area contributed by atoms with E-state index in [0.717, 1.165) is 10.0 Å². The monoisotopic (exact) mass is 322 g/mol. The van der Waals surface area contributed by atoms with Crippen molar-refractivity contribution in [3.8, 4) is 0 Å². The van der Waals surface area contributed by atoms with Gasteiger partial charge in [-0.2, -0.15) is 0 Å². The summed E-state index contributed by atoms with van der Waals surface area (Å²) in [5, 5.41) is 3.08. The molecular formula is C14H12BrFN2O. The summed E-state index contributed by atoms with van der Waals surface area (Å²) >= 11 is 3.39. The summed E-state index contributed by atoms with van der Waals surface area (Å²) in [6.07, 6.45) is 0. The fraction of sp³-hybridized carbons (Fsp3) is 0.0714. The van der Waals surface area contributed by atoms with Crippen molar-refractivity contribution in [1.82, 2.24) is 0 Å². The van der Waals surface area contributed by atoms with Crippen LogP contribution in [0.15, 0.2) is 46.9 Å². The van der Waals surface area contributed by atoms with Crippen LogP contribution >= 0.6 is 15.9 Å². The number of carbonyl (C=O) groups is 1. The van der Waals surface area contributed by atoms with Crippen molar-refractivity contribution in [1.29, 1.82) is 0 Å². The largest absolute Gasteiger partial charge is 0.381 e. The maximum atomic E-state index is 13.5. The molecule has 0 saturated heterocycles. The lowest BCUT2D eigenvalue weighted by Crippen LogP contribution is -2.13. The van der Waals surface area contributed by atoms with Gasteiger partial charge in [0.1, 0.15) is 5.82 Å². The summed E-state index contributed by atoms with van der Waals surface area (Å²) in [7, 11) is 0. The molecule has 98 valence electrons. The zero-order valence-electron chi connectivity index (χ0n) is 9.99. The van der Waals surface area contributed by atoms with Crippen molar-refractivity contribution in [2.75, 3.05) is 5.32 Å². The molecule has 0 fully saturated rings. The van der Waals surface area contributed by atoms with Gasteiger partial charge in [0.2, 0.25) is 0 Å². The number of primary amides is 1. The smallest absolute Gasteiger partial charge is 0.251 e. The molecule has 3 nitrogen and oxygen atoms in total. The molecule has 2 aromatic carbocycles. The summed E-state index contributed by atoms with van der Waals surface area (Å²) in [6.45, 7) is 0.564. The summed E-state index contributed by atoms with van der Waals surface area (Å²) in [5.41, 5.74) is 6.60. The molecule has 0 spiro atoms. The minimum absolute atomic E-state index is 0.104. The Bertz CT molecular complexity index is 616. The van der Waals surface area contributed by atoms with Crippen molar-refractivity contribution < 1.29 is 9.18 Å². The number of anilines is 1. The fourth-order valence-electron chi connectivity index (χ4n) is 1.68. The van der Waals surface area contributed by atoms with Crippen LogP contribution < -0.4 is 11.1 Å². The van der Waals surface area contributed by atoms with Crippen molar-refractivity contribution in [3.05, 3.63) is 63.9 Å². The molecule has 3 N–H and O–H groups in total. The Hall–Kier alpha value is -1.88. The van der Waals surface area contributed by atoms with Gasteiger partial charge in [-0.1, -0.05) is 28.1 Å². The van der Waals surface area contributed by atoms with Gasteiger partial charge in [-0.15, -0.1) is 0 Å². The lowest BCUT2D eigenvalue weighted by Gasteiger charge is -2.08. The molecule has 0 aromatic heterocycles. The third kappa shape index (κ3) is 3.54. The fourth-order valence-corrected chi connectivity index (χ4v) is 2.12. The summed E-state index contributed by atoms with van der Waals surface area (Å²) in [4.78, 5) is 10.9. The molecule has 2 aromatic rings. The maximum Gasteiger partial charge on any atom is 0.251 e. The number of hydrogen-bond acceptors (Lipinski definition) is 2. The van der Waals surface area contributed by atoms with Crippen molar-refractivity contribution in [2.45, 2.75) is 6.54 Å². The number of benzene rings is 2. The lowest BCUT2D eigenvalue weighted by molar-refractivity contribution is 0.0996. The molecule has 0 aliphatic rings. The second-order valence-corrected chi connectivity index (χ2v) is 4.96. The first-order valence-corrected chi connectivity index (χ1v) is 6.43. The predicted molar refractivity (Wildman–Crippen MR) is 76.4 cm³/mol. The lowest BCUT2D eigenvalue weighted by atomic mass is 10.1. The standard InChI is InChI=1S/C14H12BrFN2O/c15-10-3-1-2-9(6-10)8-18-11-4-5-12(14(17)19)13(16)7-11/h1-7,18H,8H2,(H2,17,19). The first kappa shape index (κ1) is 13.5. The highest BCUT2D eigenvalue weighted by Crippen LogP contribution is 2.16. The Kier molecular flexibility index (Phi) is 4.16. The van der Waals surface area contributed by atoms with Gasteiger partial charge in [-0.3, -0.25) is 4.79 Å². The van der Waals surface area contributed by atoms with E-state index in [1.165, 1.54) is 12.1 Å². The van der Waals surface area contributed by atoms with E-state index in [4.69, 9.17) is 5.73 Å². The Labute approximate surface area is 118 Å². The molecule has 0 aliphatic heterocycles. The third-order valence-electron chi connectivity index (χ3n) is 2.62. The quantitative estimate of drug-likeness (QED) is 0.907. The third-order valence-corrected chi connectivity index (χ3v) is 3.11. The Morgan fingerprint density at radius 1 is 1.26 bits per heavy atom. The van der Waals surface area contributed by atoms with Crippen LogP contribution in [-0.4, -0.2) is 5.91 Å². The minimum atomic E-state index is -0.768. The molecule has 0 radical (unpaired) electrons. The Morgan fingerprint density at radius 3 is 2.68 bits per heavy atom. The van der Waals surface area contributed by atoms with Gasteiger partial charge in [0.05, 0.1) is 5.56 Å². The molecule has 0 atom stereocenters. The highest BCUT2D eigenvalue weighted by molar-refractivity contribution is 9.10. The van der Waals surface area contributed by atoms with Gasteiger partial charge in [-0.25, -0.2) is 4.39 Å². The zero-order valence-corrected chi connectivity index (χ0v) is 11.6.